The van der Waals surface area contributed by atoms with Crippen LogP contribution in [-0.4, -0.2) is 78.9 Å². The summed E-state index contributed by atoms with van der Waals surface area (Å²) in [5.41, 5.74) is 0.979. The molecule has 6 nitrogen and oxygen atoms in total. The van der Waals surface area contributed by atoms with Gasteiger partial charge in [-0.2, -0.15) is 0 Å². The highest BCUT2D eigenvalue weighted by atomic mass is 16.5. The minimum absolute atomic E-state index is 0.0205. The summed E-state index contributed by atoms with van der Waals surface area (Å²) in [6.45, 7) is 5.01. The van der Waals surface area contributed by atoms with Gasteiger partial charge < -0.3 is 14.5 Å². The van der Waals surface area contributed by atoms with Crippen LogP contribution >= 0.6 is 0 Å². The quantitative estimate of drug-likeness (QED) is 0.749. The molecule has 0 aromatic heterocycles. The summed E-state index contributed by atoms with van der Waals surface area (Å²) in [7, 11) is 1.64. The van der Waals surface area contributed by atoms with Crippen LogP contribution < -0.4 is 4.74 Å². The number of methoxy groups -OCH3 is 1. The van der Waals surface area contributed by atoms with Gasteiger partial charge in [-0.3, -0.25) is 14.5 Å². The fraction of sp³-hybridized carbons (Fsp3) is 0.636. The smallest absolute Gasteiger partial charge is 0.240 e. The topological polar surface area (TPSA) is 53.1 Å². The lowest BCUT2D eigenvalue weighted by Crippen LogP contribution is -2.44. The summed E-state index contributed by atoms with van der Waals surface area (Å²) in [6.07, 6.45) is 4.82. The Bertz CT molecular complexity index is 719. The Labute approximate surface area is 167 Å². The van der Waals surface area contributed by atoms with Crippen molar-refractivity contribution in [2.24, 2.45) is 5.92 Å². The Morgan fingerprint density at radius 3 is 2.75 bits per heavy atom. The Morgan fingerprint density at radius 1 is 1.11 bits per heavy atom. The highest BCUT2D eigenvalue weighted by molar-refractivity contribution is 5.84. The Balaban J connectivity index is 1.30. The molecule has 0 unspecified atom stereocenters. The van der Waals surface area contributed by atoms with Gasteiger partial charge in [-0.05, 0) is 49.3 Å². The van der Waals surface area contributed by atoms with Crippen molar-refractivity contribution in [1.29, 1.82) is 0 Å². The predicted octanol–water partition coefficient (Wildman–Crippen LogP) is 1.78. The van der Waals surface area contributed by atoms with Crippen molar-refractivity contribution in [3.8, 4) is 5.75 Å². The minimum Gasteiger partial charge on any atom is -0.497 e. The lowest BCUT2D eigenvalue weighted by molar-refractivity contribution is -0.132. The molecule has 2 aliphatic heterocycles. The second kappa shape index (κ2) is 8.52. The molecule has 3 fully saturated rings. The molecule has 152 valence electrons. The third-order valence-electron chi connectivity index (χ3n) is 6.26. The van der Waals surface area contributed by atoms with E-state index in [0.717, 1.165) is 62.8 Å². The van der Waals surface area contributed by atoms with E-state index in [9.17, 15) is 9.59 Å². The zero-order valence-corrected chi connectivity index (χ0v) is 16.8. The molecular weight excluding hydrogens is 354 g/mol. The van der Waals surface area contributed by atoms with Gasteiger partial charge in [0.1, 0.15) is 5.75 Å². The van der Waals surface area contributed by atoms with E-state index < -0.39 is 0 Å². The zero-order chi connectivity index (χ0) is 19.5. The van der Waals surface area contributed by atoms with Gasteiger partial charge in [0.05, 0.1) is 19.6 Å². The SMILES string of the molecule is COc1cccc(CC(=O)N2CCCN([C@@H]3CCN(CC4CC4)C3=O)CC2)c1. The maximum absolute atomic E-state index is 12.8. The number of ether oxygens (including phenoxy) is 1. The van der Waals surface area contributed by atoms with Crippen LogP contribution in [0.2, 0.25) is 0 Å². The van der Waals surface area contributed by atoms with Crippen molar-refractivity contribution in [2.75, 3.05) is 46.4 Å². The maximum Gasteiger partial charge on any atom is 0.240 e. The first-order valence-corrected chi connectivity index (χ1v) is 10.6. The fourth-order valence-electron chi connectivity index (χ4n) is 4.42. The molecule has 1 atom stereocenters. The molecule has 2 heterocycles. The molecule has 28 heavy (non-hydrogen) atoms. The van der Waals surface area contributed by atoms with Crippen molar-refractivity contribution in [1.82, 2.24) is 14.7 Å². The number of hydrogen-bond acceptors (Lipinski definition) is 4. The van der Waals surface area contributed by atoms with Gasteiger partial charge in [0.2, 0.25) is 11.8 Å². The first-order valence-electron chi connectivity index (χ1n) is 10.6. The lowest BCUT2D eigenvalue weighted by Gasteiger charge is -2.26. The first kappa shape index (κ1) is 19.2. The van der Waals surface area contributed by atoms with E-state index in [4.69, 9.17) is 4.74 Å². The number of rotatable bonds is 6. The van der Waals surface area contributed by atoms with Crippen LogP contribution in [0.3, 0.4) is 0 Å². The second-order valence-corrected chi connectivity index (χ2v) is 8.33. The van der Waals surface area contributed by atoms with E-state index in [1.54, 1.807) is 7.11 Å². The van der Waals surface area contributed by atoms with E-state index >= 15 is 0 Å². The number of amides is 2. The van der Waals surface area contributed by atoms with Crippen LogP contribution in [0.15, 0.2) is 24.3 Å². The Kier molecular flexibility index (Phi) is 5.85. The van der Waals surface area contributed by atoms with Crippen molar-refractivity contribution in [3.63, 3.8) is 0 Å². The standard InChI is InChI=1S/C22H31N3O3/c1-28-19-5-2-4-18(14-19)15-21(26)24-10-3-9-23(12-13-24)20-8-11-25(22(20)27)16-17-6-7-17/h2,4-5,14,17,20H,3,6-13,15-16H2,1H3/t20-/m1/s1. The van der Waals surface area contributed by atoms with Gasteiger partial charge >= 0.3 is 0 Å². The van der Waals surface area contributed by atoms with E-state index in [0.29, 0.717) is 18.9 Å². The molecule has 1 aliphatic carbocycles. The van der Waals surface area contributed by atoms with Gasteiger partial charge in [-0.1, -0.05) is 12.1 Å². The molecule has 2 saturated heterocycles. The minimum atomic E-state index is 0.0205. The maximum atomic E-state index is 12.8. The lowest BCUT2D eigenvalue weighted by atomic mass is 10.1. The third kappa shape index (κ3) is 4.49. The van der Waals surface area contributed by atoms with Crippen molar-refractivity contribution < 1.29 is 14.3 Å². The number of carbonyl (C=O) groups is 2. The number of nitrogens with zero attached hydrogens (tertiary/aromatic N) is 3. The average Bonchev–Trinajstić information content (AvgIpc) is 3.49. The van der Waals surface area contributed by atoms with E-state index in [-0.39, 0.29) is 11.9 Å². The van der Waals surface area contributed by atoms with Crippen molar-refractivity contribution in [2.45, 2.75) is 38.1 Å². The Morgan fingerprint density at radius 2 is 1.96 bits per heavy atom. The van der Waals surface area contributed by atoms with Crippen LogP contribution in [0.5, 0.6) is 5.75 Å². The molecular formula is C22H31N3O3. The van der Waals surface area contributed by atoms with E-state index in [1.807, 2.05) is 29.2 Å². The van der Waals surface area contributed by atoms with Crippen molar-refractivity contribution >= 4 is 11.8 Å². The Hall–Kier alpha value is -2.08. The number of benzene rings is 1. The summed E-state index contributed by atoms with van der Waals surface area (Å²) in [5.74, 6) is 1.99. The molecule has 0 bridgehead atoms. The highest BCUT2D eigenvalue weighted by Crippen LogP contribution is 2.31. The van der Waals surface area contributed by atoms with Crippen LogP contribution in [0, 0.1) is 5.92 Å². The molecule has 2 amide bonds. The van der Waals surface area contributed by atoms with E-state index in [1.165, 1.54) is 12.8 Å². The van der Waals surface area contributed by atoms with Gasteiger partial charge in [0.25, 0.3) is 0 Å². The molecule has 0 radical (unpaired) electrons. The van der Waals surface area contributed by atoms with Crippen LogP contribution in [0.4, 0.5) is 0 Å². The highest BCUT2D eigenvalue weighted by Gasteiger charge is 2.38. The van der Waals surface area contributed by atoms with Crippen LogP contribution in [-0.2, 0) is 16.0 Å². The summed E-state index contributed by atoms with van der Waals surface area (Å²) < 4.78 is 5.25. The average molecular weight is 386 g/mol. The van der Waals surface area contributed by atoms with Crippen LogP contribution in [0.1, 0.15) is 31.2 Å². The predicted molar refractivity (Wildman–Crippen MR) is 107 cm³/mol. The molecule has 0 spiro atoms. The number of hydrogen-bond donors (Lipinski definition) is 0. The van der Waals surface area contributed by atoms with Gasteiger partial charge in [-0.25, -0.2) is 0 Å². The zero-order valence-electron chi connectivity index (χ0n) is 16.8. The molecule has 1 aromatic carbocycles. The normalized spacial score (nSPS) is 23.8. The molecule has 3 aliphatic rings. The van der Waals surface area contributed by atoms with Crippen LogP contribution in [0.25, 0.3) is 0 Å². The van der Waals surface area contributed by atoms with Gasteiger partial charge in [0, 0.05) is 39.3 Å². The first-order chi connectivity index (χ1) is 13.6. The third-order valence-corrected chi connectivity index (χ3v) is 6.26. The van der Waals surface area contributed by atoms with Gasteiger partial charge in [-0.15, -0.1) is 0 Å². The summed E-state index contributed by atoms with van der Waals surface area (Å²) in [6, 6.07) is 7.73. The molecule has 1 aromatic rings. The second-order valence-electron chi connectivity index (χ2n) is 8.33. The monoisotopic (exact) mass is 385 g/mol. The van der Waals surface area contributed by atoms with Gasteiger partial charge in [0.15, 0.2) is 0 Å². The molecule has 4 rings (SSSR count). The fourth-order valence-corrected chi connectivity index (χ4v) is 4.42. The summed E-state index contributed by atoms with van der Waals surface area (Å²) >= 11 is 0. The van der Waals surface area contributed by atoms with E-state index in [2.05, 4.69) is 9.80 Å². The largest absolute Gasteiger partial charge is 0.497 e. The molecule has 0 N–H and O–H groups in total. The van der Waals surface area contributed by atoms with Crippen molar-refractivity contribution in [3.05, 3.63) is 29.8 Å². The summed E-state index contributed by atoms with van der Waals surface area (Å²) in [4.78, 5) is 31.9. The summed E-state index contributed by atoms with van der Waals surface area (Å²) in [5, 5.41) is 0. The molecule has 6 heteroatoms. The number of likely N-dealkylation sites (tertiary alicyclic amines) is 1. The molecule has 1 saturated carbocycles. The number of carbonyl (C=O) groups excluding carboxylic acids is 2.